The van der Waals surface area contributed by atoms with E-state index >= 15 is 0 Å². The molecule has 4 aromatic rings. The Morgan fingerprint density at radius 2 is 1.91 bits per heavy atom. The Bertz CT molecular complexity index is 1230. The zero-order valence-corrected chi connectivity index (χ0v) is 19.6. The van der Waals surface area contributed by atoms with Crippen LogP contribution in [0.5, 0.6) is 5.75 Å². The van der Waals surface area contributed by atoms with Crippen molar-refractivity contribution in [2.45, 2.75) is 52.8 Å². The third-order valence-corrected chi connectivity index (χ3v) is 5.44. The number of hydrogen-bond acceptors (Lipinski definition) is 4. The Labute approximate surface area is 194 Å². The average molecular weight is 443 g/mol. The van der Waals surface area contributed by atoms with E-state index in [0.717, 1.165) is 33.6 Å². The molecule has 0 unspecified atom stereocenters. The van der Waals surface area contributed by atoms with Crippen molar-refractivity contribution < 1.29 is 9.53 Å². The molecule has 0 atom stereocenters. The number of hydrogen-bond donors (Lipinski definition) is 1. The molecule has 0 aliphatic rings. The summed E-state index contributed by atoms with van der Waals surface area (Å²) in [6.07, 6.45) is 5.35. The second kappa shape index (κ2) is 9.86. The molecule has 3 aromatic heterocycles. The van der Waals surface area contributed by atoms with Gasteiger partial charge in [-0.2, -0.15) is 0 Å². The first-order valence-electron chi connectivity index (χ1n) is 11.3. The smallest absolute Gasteiger partial charge is 0.254 e. The molecule has 6 heteroatoms. The molecule has 0 aliphatic carbocycles. The summed E-state index contributed by atoms with van der Waals surface area (Å²) in [5.74, 6) is 0.828. The maximum absolute atomic E-state index is 13.5. The highest BCUT2D eigenvalue weighted by Crippen LogP contribution is 2.34. The van der Waals surface area contributed by atoms with E-state index in [1.54, 1.807) is 18.6 Å². The minimum absolute atomic E-state index is 0.0634. The molecule has 0 radical (unpaired) electrons. The Kier molecular flexibility index (Phi) is 6.73. The number of carbonyl (C=O) groups is 1. The molecule has 1 amide bonds. The van der Waals surface area contributed by atoms with Crippen LogP contribution in [0.3, 0.4) is 0 Å². The van der Waals surface area contributed by atoms with Gasteiger partial charge in [-0.15, -0.1) is 0 Å². The lowest BCUT2D eigenvalue weighted by Crippen LogP contribution is -2.24. The summed E-state index contributed by atoms with van der Waals surface area (Å²) in [6.45, 7) is 9.25. The van der Waals surface area contributed by atoms with Crippen LogP contribution in [0.1, 0.15) is 60.9 Å². The maximum Gasteiger partial charge on any atom is 0.254 e. The predicted octanol–water partition coefficient (Wildman–Crippen LogP) is 5.32. The lowest BCUT2D eigenvalue weighted by molar-refractivity contribution is 0.0951. The van der Waals surface area contributed by atoms with E-state index in [2.05, 4.69) is 33.7 Å². The van der Waals surface area contributed by atoms with Crippen LogP contribution in [0.2, 0.25) is 0 Å². The van der Waals surface area contributed by atoms with Gasteiger partial charge in [0.1, 0.15) is 5.75 Å². The summed E-state index contributed by atoms with van der Waals surface area (Å²) in [6, 6.07) is 15.7. The monoisotopic (exact) mass is 442 g/mol. The third-order valence-electron chi connectivity index (χ3n) is 5.44. The molecular weight excluding hydrogens is 412 g/mol. The fourth-order valence-electron chi connectivity index (χ4n) is 4.13. The van der Waals surface area contributed by atoms with Gasteiger partial charge < -0.3 is 14.6 Å². The summed E-state index contributed by atoms with van der Waals surface area (Å²) in [4.78, 5) is 22.2. The van der Waals surface area contributed by atoms with Crippen molar-refractivity contribution in [2.24, 2.45) is 0 Å². The number of pyridine rings is 2. The molecule has 1 N–H and O–H groups in total. The van der Waals surface area contributed by atoms with Crippen LogP contribution in [-0.2, 0) is 13.1 Å². The first-order valence-corrected chi connectivity index (χ1v) is 11.3. The molecule has 170 valence electrons. The Balaban J connectivity index is 1.81. The lowest BCUT2D eigenvalue weighted by atomic mass is 10.0. The number of benzene rings is 1. The predicted molar refractivity (Wildman–Crippen MR) is 131 cm³/mol. The van der Waals surface area contributed by atoms with E-state index in [1.807, 2.05) is 62.4 Å². The van der Waals surface area contributed by atoms with Crippen molar-refractivity contribution in [3.63, 3.8) is 0 Å². The van der Waals surface area contributed by atoms with Gasteiger partial charge in [-0.05, 0) is 55.7 Å². The molecule has 1 aromatic carbocycles. The van der Waals surface area contributed by atoms with Crippen molar-refractivity contribution in [1.29, 1.82) is 0 Å². The average Bonchev–Trinajstić information content (AvgIpc) is 3.12. The number of nitrogens with one attached hydrogen (secondary N) is 1. The zero-order chi connectivity index (χ0) is 23.4. The van der Waals surface area contributed by atoms with E-state index in [9.17, 15) is 4.79 Å². The minimum Gasteiger partial charge on any atom is -0.491 e. The third kappa shape index (κ3) is 5.06. The summed E-state index contributed by atoms with van der Waals surface area (Å²) in [5, 5.41) is 4.00. The van der Waals surface area contributed by atoms with Gasteiger partial charge in [0.05, 0.1) is 29.4 Å². The topological polar surface area (TPSA) is 69.0 Å². The summed E-state index contributed by atoms with van der Waals surface area (Å²) < 4.78 is 8.17. The number of fused-ring (bicyclic) bond motifs is 1. The highest BCUT2D eigenvalue weighted by molar-refractivity contribution is 6.09. The highest BCUT2D eigenvalue weighted by Gasteiger charge is 2.25. The van der Waals surface area contributed by atoms with Gasteiger partial charge in [-0.1, -0.05) is 26.0 Å². The largest absolute Gasteiger partial charge is 0.491 e. The standard InChI is InChI=1S/C27H30N4O2/c1-18(2)26-25(27(32)30-16-20-8-7-12-28-15-20)23-11-10-22(33-19(3)4)14-24(23)31(26)17-21-9-5-6-13-29-21/h5-15,18-19H,16-17H2,1-4H3,(H,30,32). The Morgan fingerprint density at radius 3 is 2.58 bits per heavy atom. The minimum atomic E-state index is -0.0927. The second-order valence-corrected chi connectivity index (χ2v) is 8.71. The number of aromatic nitrogens is 3. The SMILES string of the molecule is CC(C)Oc1ccc2c(C(=O)NCc3cccnc3)c(C(C)C)n(Cc3ccccn3)c2c1. The molecule has 0 saturated heterocycles. The highest BCUT2D eigenvalue weighted by atomic mass is 16.5. The first kappa shape index (κ1) is 22.5. The molecule has 6 nitrogen and oxygen atoms in total. The van der Waals surface area contributed by atoms with Gasteiger partial charge in [0.25, 0.3) is 5.91 Å². The second-order valence-electron chi connectivity index (χ2n) is 8.71. The number of nitrogens with zero attached hydrogens (tertiary/aromatic N) is 3. The van der Waals surface area contributed by atoms with Gasteiger partial charge in [-0.25, -0.2) is 0 Å². The van der Waals surface area contributed by atoms with Gasteiger partial charge in [-0.3, -0.25) is 14.8 Å². The van der Waals surface area contributed by atoms with Crippen LogP contribution in [0.25, 0.3) is 10.9 Å². The first-order chi connectivity index (χ1) is 15.9. The van der Waals surface area contributed by atoms with E-state index in [4.69, 9.17) is 4.74 Å². The molecular formula is C27H30N4O2. The van der Waals surface area contributed by atoms with Crippen LogP contribution in [-0.4, -0.2) is 26.5 Å². The van der Waals surface area contributed by atoms with Crippen molar-refractivity contribution >= 4 is 16.8 Å². The van der Waals surface area contributed by atoms with Gasteiger partial charge >= 0.3 is 0 Å². The molecule has 0 bridgehead atoms. The molecule has 3 heterocycles. The van der Waals surface area contributed by atoms with Crippen LogP contribution in [0, 0.1) is 0 Å². The summed E-state index contributed by atoms with van der Waals surface area (Å²) >= 11 is 0. The van der Waals surface area contributed by atoms with Crippen LogP contribution < -0.4 is 10.1 Å². The Hall–Kier alpha value is -3.67. The van der Waals surface area contributed by atoms with Gasteiger partial charge in [0.2, 0.25) is 0 Å². The molecule has 33 heavy (non-hydrogen) atoms. The van der Waals surface area contributed by atoms with Crippen LogP contribution in [0.15, 0.2) is 67.1 Å². The quantitative estimate of drug-likeness (QED) is 0.401. The molecule has 0 aliphatic heterocycles. The van der Waals surface area contributed by atoms with Crippen molar-refractivity contribution in [3.8, 4) is 5.75 Å². The number of rotatable bonds is 8. The van der Waals surface area contributed by atoms with Crippen LogP contribution in [0.4, 0.5) is 0 Å². The summed E-state index contributed by atoms with van der Waals surface area (Å²) in [5.41, 5.74) is 4.56. The molecule has 0 saturated carbocycles. The number of amides is 1. The van der Waals surface area contributed by atoms with Gasteiger partial charge in [0.15, 0.2) is 0 Å². The molecule has 4 rings (SSSR count). The normalized spacial score (nSPS) is 11.3. The maximum atomic E-state index is 13.5. The number of ether oxygens (including phenoxy) is 1. The van der Waals surface area contributed by atoms with E-state index < -0.39 is 0 Å². The van der Waals surface area contributed by atoms with Crippen molar-refractivity contribution in [3.05, 3.63) is 89.6 Å². The molecule has 0 spiro atoms. The zero-order valence-electron chi connectivity index (χ0n) is 19.6. The Morgan fingerprint density at radius 1 is 1.06 bits per heavy atom. The fourth-order valence-corrected chi connectivity index (χ4v) is 4.13. The van der Waals surface area contributed by atoms with E-state index in [0.29, 0.717) is 18.7 Å². The van der Waals surface area contributed by atoms with E-state index in [1.165, 1.54) is 0 Å². The van der Waals surface area contributed by atoms with Crippen LogP contribution >= 0.6 is 0 Å². The number of carbonyl (C=O) groups excluding carboxylic acids is 1. The fraction of sp³-hybridized carbons (Fsp3) is 0.296. The van der Waals surface area contributed by atoms with Crippen molar-refractivity contribution in [2.75, 3.05) is 0 Å². The summed E-state index contributed by atoms with van der Waals surface area (Å²) in [7, 11) is 0. The lowest BCUT2D eigenvalue weighted by Gasteiger charge is -2.15. The van der Waals surface area contributed by atoms with Gasteiger partial charge in [0, 0.05) is 42.3 Å². The molecule has 0 fully saturated rings. The van der Waals surface area contributed by atoms with E-state index in [-0.39, 0.29) is 17.9 Å². The van der Waals surface area contributed by atoms with Crippen molar-refractivity contribution in [1.82, 2.24) is 19.9 Å².